The van der Waals surface area contributed by atoms with E-state index in [4.69, 9.17) is 9.15 Å². The Balaban J connectivity index is 2.03. The van der Waals surface area contributed by atoms with E-state index in [1.807, 2.05) is 6.07 Å². The first kappa shape index (κ1) is 14.6. The third kappa shape index (κ3) is 2.27. The SMILES string of the molecule is COc1ccc2oc(=O)cc(O)c2c1-c1cnc2c(c1)CCCN2. The molecule has 6 heteroatoms. The zero-order valence-electron chi connectivity index (χ0n) is 13.1. The van der Waals surface area contributed by atoms with Gasteiger partial charge in [-0.05, 0) is 36.6 Å². The molecule has 0 unspecified atom stereocenters. The highest BCUT2D eigenvalue weighted by Crippen LogP contribution is 2.41. The summed E-state index contributed by atoms with van der Waals surface area (Å²) < 4.78 is 10.7. The number of anilines is 1. The Morgan fingerprint density at radius 2 is 2.21 bits per heavy atom. The van der Waals surface area contributed by atoms with E-state index in [2.05, 4.69) is 10.3 Å². The molecule has 2 N–H and O–H groups in total. The van der Waals surface area contributed by atoms with Crippen molar-refractivity contribution in [1.29, 1.82) is 0 Å². The number of aromatic hydroxyl groups is 1. The summed E-state index contributed by atoms with van der Waals surface area (Å²) in [5.74, 6) is 1.34. The number of aromatic nitrogens is 1. The van der Waals surface area contributed by atoms with E-state index in [0.29, 0.717) is 22.3 Å². The van der Waals surface area contributed by atoms with Gasteiger partial charge in [0.05, 0.1) is 18.6 Å². The molecule has 1 aliphatic rings. The molecule has 1 aliphatic heterocycles. The molecule has 0 saturated carbocycles. The molecule has 0 saturated heterocycles. The van der Waals surface area contributed by atoms with E-state index < -0.39 is 5.63 Å². The van der Waals surface area contributed by atoms with Crippen LogP contribution in [-0.2, 0) is 6.42 Å². The number of hydrogen-bond acceptors (Lipinski definition) is 6. The fourth-order valence-electron chi connectivity index (χ4n) is 3.16. The third-order valence-corrected chi connectivity index (χ3v) is 4.24. The van der Waals surface area contributed by atoms with Crippen molar-refractivity contribution in [2.24, 2.45) is 0 Å². The van der Waals surface area contributed by atoms with Gasteiger partial charge < -0.3 is 19.6 Å². The van der Waals surface area contributed by atoms with E-state index in [9.17, 15) is 9.90 Å². The minimum absolute atomic E-state index is 0.133. The number of nitrogens with zero attached hydrogens (tertiary/aromatic N) is 1. The second kappa shape index (κ2) is 5.56. The normalized spacial score (nSPS) is 13.4. The van der Waals surface area contributed by atoms with Crippen LogP contribution in [0.3, 0.4) is 0 Å². The quantitative estimate of drug-likeness (QED) is 0.705. The fourth-order valence-corrected chi connectivity index (χ4v) is 3.16. The van der Waals surface area contributed by atoms with Crippen LogP contribution in [-0.4, -0.2) is 23.7 Å². The van der Waals surface area contributed by atoms with Crippen LogP contribution in [0, 0.1) is 0 Å². The van der Waals surface area contributed by atoms with Crippen molar-refractivity contribution in [3.05, 3.63) is 46.4 Å². The average Bonchev–Trinajstić information content (AvgIpc) is 2.60. The average molecular weight is 324 g/mol. The summed E-state index contributed by atoms with van der Waals surface area (Å²) in [7, 11) is 1.56. The molecule has 0 spiro atoms. The molecule has 0 amide bonds. The molecule has 122 valence electrons. The Morgan fingerprint density at radius 1 is 1.33 bits per heavy atom. The van der Waals surface area contributed by atoms with Crippen LogP contribution in [0.25, 0.3) is 22.1 Å². The molecule has 24 heavy (non-hydrogen) atoms. The second-order valence-corrected chi connectivity index (χ2v) is 5.73. The summed E-state index contributed by atoms with van der Waals surface area (Å²) in [5.41, 5.74) is 2.31. The summed E-state index contributed by atoms with van der Waals surface area (Å²) >= 11 is 0. The van der Waals surface area contributed by atoms with Crippen LogP contribution in [0.4, 0.5) is 5.82 Å². The molecule has 3 heterocycles. The number of ether oxygens (including phenoxy) is 1. The predicted octanol–water partition coefficient (Wildman–Crippen LogP) is 2.93. The summed E-state index contributed by atoms with van der Waals surface area (Å²) in [6.45, 7) is 0.920. The number of pyridine rings is 1. The summed E-state index contributed by atoms with van der Waals surface area (Å²) in [5, 5.41) is 14.0. The van der Waals surface area contributed by atoms with Gasteiger partial charge in [0.25, 0.3) is 0 Å². The van der Waals surface area contributed by atoms with E-state index in [-0.39, 0.29) is 5.75 Å². The number of aryl methyl sites for hydroxylation is 1. The Kier molecular flexibility index (Phi) is 3.37. The van der Waals surface area contributed by atoms with Crippen molar-refractivity contribution in [2.45, 2.75) is 12.8 Å². The zero-order chi connectivity index (χ0) is 16.7. The van der Waals surface area contributed by atoms with Crippen molar-refractivity contribution in [1.82, 2.24) is 4.98 Å². The van der Waals surface area contributed by atoms with Crippen LogP contribution in [0.1, 0.15) is 12.0 Å². The Bertz CT molecular complexity index is 994. The number of nitrogens with one attached hydrogen (secondary N) is 1. The maximum atomic E-state index is 11.5. The highest BCUT2D eigenvalue weighted by molar-refractivity contribution is 6.00. The monoisotopic (exact) mass is 324 g/mol. The number of methoxy groups -OCH3 is 1. The van der Waals surface area contributed by atoms with Gasteiger partial charge in [-0.1, -0.05) is 0 Å². The Morgan fingerprint density at radius 3 is 3.04 bits per heavy atom. The first-order chi connectivity index (χ1) is 11.7. The minimum atomic E-state index is -0.594. The van der Waals surface area contributed by atoms with Gasteiger partial charge in [0.2, 0.25) is 0 Å². The first-order valence-electron chi connectivity index (χ1n) is 7.74. The second-order valence-electron chi connectivity index (χ2n) is 5.73. The van der Waals surface area contributed by atoms with Gasteiger partial charge in [0.15, 0.2) is 0 Å². The summed E-state index contributed by atoms with van der Waals surface area (Å²) in [4.78, 5) is 16.0. The van der Waals surface area contributed by atoms with Gasteiger partial charge in [0, 0.05) is 23.9 Å². The third-order valence-electron chi connectivity index (χ3n) is 4.24. The highest BCUT2D eigenvalue weighted by atomic mass is 16.5. The highest BCUT2D eigenvalue weighted by Gasteiger charge is 2.19. The minimum Gasteiger partial charge on any atom is -0.507 e. The van der Waals surface area contributed by atoms with Gasteiger partial charge in [-0.25, -0.2) is 9.78 Å². The van der Waals surface area contributed by atoms with Crippen LogP contribution in [0.5, 0.6) is 11.5 Å². The van der Waals surface area contributed by atoms with Crippen molar-refractivity contribution in [3.8, 4) is 22.6 Å². The lowest BCUT2D eigenvalue weighted by atomic mass is 9.97. The van der Waals surface area contributed by atoms with Crippen molar-refractivity contribution < 1.29 is 14.3 Å². The Hall–Kier alpha value is -3.02. The van der Waals surface area contributed by atoms with E-state index in [1.165, 1.54) is 0 Å². The summed E-state index contributed by atoms with van der Waals surface area (Å²) in [6.07, 6.45) is 3.72. The molecule has 0 radical (unpaired) electrons. The number of fused-ring (bicyclic) bond motifs is 2. The molecule has 0 fully saturated rings. The fraction of sp³-hybridized carbons (Fsp3) is 0.222. The maximum absolute atomic E-state index is 11.5. The lowest BCUT2D eigenvalue weighted by Crippen LogP contribution is -2.13. The molecule has 6 nitrogen and oxygen atoms in total. The molecular weight excluding hydrogens is 308 g/mol. The molecule has 0 bridgehead atoms. The standard InChI is InChI=1S/C18H16N2O4/c1-23-13-4-5-14-17(12(21)8-15(22)24-14)16(13)11-7-10-3-2-6-19-18(10)20-9-11/h4-5,7-9,21H,2-3,6H2,1H3,(H,19,20). The smallest absolute Gasteiger partial charge is 0.339 e. The van der Waals surface area contributed by atoms with Crippen LogP contribution in [0.15, 0.2) is 39.7 Å². The molecule has 0 aliphatic carbocycles. The number of hydrogen-bond donors (Lipinski definition) is 2. The number of benzene rings is 1. The topological polar surface area (TPSA) is 84.6 Å². The van der Waals surface area contributed by atoms with Gasteiger partial charge in [0.1, 0.15) is 22.9 Å². The van der Waals surface area contributed by atoms with Crippen molar-refractivity contribution in [2.75, 3.05) is 19.0 Å². The van der Waals surface area contributed by atoms with Gasteiger partial charge in [-0.2, -0.15) is 0 Å². The molecule has 1 aromatic carbocycles. The molecule has 0 atom stereocenters. The van der Waals surface area contributed by atoms with Gasteiger partial charge in [-0.15, -0.1) is 0 Å². The maximum Gasteiger partial charge on any atom is 0.339 e. The number of rotatable bonds is 2. The van der Waals surface area contributed by atoms with E-state index in [1.54, 1.807) is 25.4 Å². The van der Waals surface area contributed by atoms with Gasteiger partial charge >= 0.3 is 5.63 Å². The molecule has 3 aromatic rings. The zero-order valence-corrected chi connectivity index (χ0v) is 13.1. The van der Waals surface area contributed by atoms with E-state index in [0.717, 1.165) is 42.4 Å². The Labute approximate surface area is 137 Å². The molecule has 2 aromatic heterocycles. The van der Waals surface area contributed by atoms with Crippen molar-refractivity contribution >= 4 is 16.8 Å². The first-order valence-corrected chi connectivity index (χ1v) is 7.74. The van der Waals surface area contributed by atoms with Crippen LogP contribution >= 0.6 is 0 Å². The lowest BCUT2D eigenvalue weighted by molar-refractivity contribution is 0.416. The summed E-state index contributed by atoms with van der Waals surface area (Å²) in [6, 6.07) is 6.44. The molecule has 4 rings (SSSR count). The van der Waals surface area contributed by atoms with E-state index >= 15 is 0 Å². The lowest BCUT2D eigenvalue weighted by Gasteiger charge is -2.19. The van der Waals surface area contributed by atoms with Crippen LogP contribution < -0.4 is 15.7 Å². The molecular formula is C18H16N2O4. The predicted molar refractivity (Wildman–Crippen MR) is 90.7 cm³/mol. The largest absolute Gasteiger partial charge is 0.507 e. The van der Waals surface area contributed by atoms with Crippen LogP contribution in [0.2, 0.25) is 0 Å². The van der Waals surface area contributed by atoms with Gasteiger partial charge in [-0.3, -0.25) is 0 Å². The van der Waals surface area contributed by atoms with Crippen molar-refractivity contribution in [3.63, 3.8) is 0 Å².